The minimum atomic E-state index is -3.40. The largest absolute Gasteiger partial charge is 0.469 e. The number of amides is 1. The summed E-state index contributed by atoms with van der Waals surface area (Å²) in [5.41, 5.74) is 5.23. The molecule has 3 N–H and O–H groups in total. The maximum Gasteiger partial charge on any atom is 0.305 e. The number of primary amides is 1. The Bertz CT molecular complexity index is 441. The molecule has 0 bridgehead atoms. The maximum absolute atomic E-state index is 11.8. The van der Waals surface area contributed by atoms with E-state index in [9.17, 15) is 18.0 Å². The molecule has 0 spiro atoms. The molecule has 1 amide bonds. The fourth-order valence-corrected chi connectivity index (χ4v) is 3.70. The van der Waals surface area contributed by atoms with Crippen LogP contribution in [0.15, 0.2) is 0 Å². The van der Waals surface area contributed by atoms with Gasteiger partial charge in [-0.3, -0.25) is 9.59 Å². The van der Waals surface area contributed by atoms with Crippen LogP contribution in [0.5, 0.6) is 0 Å². The number of nitrogens with two attached hydrogens (primary N) is 1. The van der Waals surface area contributed by atoms with E-state index in [4.69, 9.17) is 5.73 Å². The third kappa shape index (κ3) is 5.87. The summed E-state index contributed by atoms with van der Waals surface area (Å²) in [6.07, 6.45) is 2.79. The Morgan fingerprint density at radius 3 is 2.35 bits per heavy atom. The van der Waals surface area contributed by atoms with E-state index in [1.807, 2.05) is 0 Å². The zero-order valence-electron chi connectivity index (χ0n) is 11.6. The highest BCUT2D eigenvalue weighted by Gasteiger charge is 2.27. The van der Waals surface area contributed by atoms with E-state index in [2.05, 4.69) is 9.46 Å². The van der Waals surface area contributed by atoms with Crippen LogP contribution in [0.3, 0.4) is 0 Å². The van der Waals surface area contributed by atoms with Crippen molar-refractivity contribution >= 4 is 21.9 Å². The summed E-state index contributed by atoms with van der Waals surface area (Å²) in [6, 6.07) is -0.145. The van der Waals surface area contributed by atoms with Crippen LogP contribution in [-0.2, 0) is 24.3 Å². The van der Waals surface area contributed by atoms with Crippen molar-refractivity contribution in [2.24, 2.45) is 11.7 Å². The van der Waals surface area contributed by atoms with Crippen molar-refractivity contribution in [1.29, 1.82) is 0 Å². The Labute approximate surface area is 119 Å². The second kappa shape index (κ2) is 7.58. The Balaban J connectivity index is 2.33. The van der Waals surface area contributed by atoms with E-state index in [0.29, 0.717) is 25.7 Å². The summed E-state index contributed by atoms with van der Waals surface area (Å²) >= 11 is 0. The number of hydrogen-bond donors (Lipinski definition) is 2. The van der Waals surface area contributed by atoms with Crippen LogP contribution in [0.2, 0.25) is 0 Å². The van der Waals surface area contributed by atoms with Crippen LogP contribution in [0, 0.1) is 5.92 Å². The van der Waals surface area contributed by atoms with Gasteiger partial charge in [-0.1, -0.05) is 0 Å². The van der Waals surface area contributed by atoms with Crippen LogP contribution >= 0.6 is 0 Å². The lowest BCUT2D eigenvalue weighted by molar-refractivity contribution is -0.140. The van der Waals surface area contributed by atoms with E-state index in [1.54, 1.807) is 0 Å². The summed E-state index contributed by atoms with van der Waals surface area (Å²) in [5, 5.41) is 0. The van der Waals surface area contributed by atoms with Crippen LogP contribution in [0.1, 0.15) is 38.5 Å². The summed E-state index contributed by atoms with van der Waals surface area (Å²) in [7, 11) is -2.13. The Morgan fingerprint density at radius 1 is 1.25 bits per heavy atom. The number of sulfonamides is 1. The predicted molar refractivity (Wildman–Crippen MR) is 73.1 cm³/mol. The molecular formula is C12H22N2O5S. The van der Waals surface area contributed by atoms with Crippen molar-refractivity contribution in [3.63, 3.8) is 0 Å². The van der Waals surface area contributed by atoms with Gasteiger partial charge in [0.1, 0.15) is 0 Å². The molecule has 1 saturated carbocycles. The van der Waals surface area contributed by atoms with Gasteiger partial charge in [0, 0.05) is 18.4 Å². The van der Waals surface area contributed by atoms with Gasteiger partial charge in [0.25, 0.3) is 0 Å². The highest BCUT2D eigenvalue weighted by atomic mass is 32.2. The number of carbonyl (C=O) groups is 2. The van der Waals surface area contributed by atoms with Crippen molar-refractivity contribution < 1.29 is 22.7 Å². The zero-order chi connectivity index (χ0) is 15.2. The molecule has 116 valence electrons. The first-order chi connectivity index (χ1) is 9.34. The standard InChI is InChI=1S/C12H22N2O5S/c1-19-11(15)3-2-8-20(17,18)14-10-6-4-9(5-7-10)12(13)16/h9-10,14H,2-8H2,1H3,(H2,13,16). The molecule has 0 heterocycles. The third-order valence-corrected chi connectivity index (χ3v) is 5.02. The Hall–Kier alpha value is -1.15. The molecule has 0 saturated heterocycles. The highest BCUT2D eigenvalue weighted by molar-refractivity contribution is 7.89. The quantitative estimate of drug-likeness (QED) is 0.637. The van der Waals surface area contributed by atoms with E-state index >= 15 is 0 Å². The number of ether oxygens (including phenoxy) is 1. The molecular weight excluding hydrogens is 284 g/mol. The van der Waals surface area contributed by atoms with E-state index in [1.165, 1.54) is 7.11 Å². The summed E-state index contributed by atoms with van der Waals surface area (Å²) in [4.78, 5) is 21.9. The average molecular weight is 306 g/mol. The first-order valence-corrected chi connectivity index (χ1v) is 8.35. The third-order valence-electron chi connectivity index (χ3n) is 3.50. The SMILES string of the molecule is COC(=O)CCCS(=O)(=O)NC1CCC(C(N)=O)CC1. The molecule has 1 aliphatic carbocycles. The summed E-state index contributed by atoms with van der Waals surface area (Å²) in [5.74, 6) is -0.973. The molecule has 0 atom stereocenters. The van der Waals surface area contributed by atoms with Gasteiger partial charge in [0.15, 0.2) is 0 Å². The lowest BCUT2D eigenvalue weighted by Crippen LogP contribution is -2.40. The molecule has 7 nitrogen and oxygen atoms in total. The fourth-order valence-electron chi connectivity index (χ4n) is 2.32. The molecule has 1 aliphatic rings. The number of rotatable bonds is 7. The molecule has 8 heteroatoms. The van der Waals surface area contributed by atoms with Gasteiger partial charge in [-0.15, -0.1) is 0 Å². The number of carbonyl (C=O) groups excluding carboxylic acids is 2. The van der Waals surface area contributed by atoms with Gasteiger partial charge in [-0.25, -0.2) is 13.1 Å². The van der Waals surface area contributed by atoms with Gasteiger partial charge in [-0.2, -0.15) is 0 Å². The molecule has 0 unspecified atom stereocenters. The van der Waals surface area contributed by atoms with Gasteiger partial charge < -0.3 is 10.5 Å². The van der Waals surface area contributed by atoms with Crippen LogP contribution in [-0.4, -0.2) is 39.2 Å². The lowest BCUT2D eigenvalue weighted by Gasteiger charge is -2.27. The van der Waals surface area contributed by atoms with Crippen molar-refractivity contribution in [1.82, 2.24) is 4.72 Å². The second-order valence-corrected chi connectivity index (χ2v) is 6.94. The summed E-state index contributed by atoms with van der Waals surface area (Å²) < 4.78 is 30.7. The topological polar surface area (TPSA) is 116 Å². The monoisotopic (exact) mass is 306 g/mol. The average Bonchev–Trinajstić information content (AvgIpc) is 2.38. The first kappa shape index (κ1) is 16.9. The van der Waals surface area contributed by atoms with Crippen LogP contribution in [0.25, 0.3) is 0 Å². The maximum atomic E-state index is 11.8. The van der Waals surface area contributed by atoms with E-state index in [-0.39, 0.29) is 36.5 Å². The minimum Gasteiger partial charge on any atom is -0.469 e. The Kier molecular flexibility index (Phi) is 6.41. The number of esters is 1. The van der Waals surface area contributed by atoms with Crippen molar-refractivity contribution in [3.8, 4) is 0 Å². The molecule has 0 radical (unpaired) electrons. The number of methoxy groups -OCH3 is 1. The van der Waals surface area contributed by atoms with Crippen molar-refractivity contribution in [2.75, 3.05) is 12.9 Å². The molecule has 0 aromatic heterocycles. The normalized spacial score (nSPS) is 23.2. The lowest BCUT2D eigenvalue weighted by atomic mass is 9.86. The minimum absolute atomic E-state index is 0.0891. The molecule has 1 fully saturated rings. The summed E-state index contributed by atoms with van der Waals surface area (Å²) in [6.45, 7) is 0. The van der Waals surface area contributed by atoms with E-state index in [0.717, 1.165) is 0 Å². The van der Waals surface area contributed by atoms with Crippen LogP contribution < -0.4 is 10.5 Å². The van der Waals surface area contributed by atoms with Crippen molar-refractivity contribution in [2.45, 2.75) is 44.6 Å². The fraction of sp³-hybridized carbons (Fsp3) is 0.833. The van der Waals surface area contributed by atoms with Gasteiger partial charge in [0.05, 0.1) is 12.9 Å². The van der Waals surface area contributed by atoms with Gasteiger partial charge >= 0.3 is 5.97 Å². The first-order valence-electron chi connectivity index (χ1n) is 6.70. The van der Waals surface area contributed by atoms with Gasteiger partial charge in [-0.05, 0) is 32.1 Å². The molecule has 0 aliphatic heterocycles. The van der Waals surface area contributed by atoms with Crippen LogP contribution in [0.4, 0.5) is 0 Å². The Morgan fingerprint density at radius 2 is 1.85 bits per heavy atom. The van der Waals surface area contributed by atoms with Crippen molar-refractivity contribution in [3.05, 3.63) is 0 Å². The molecule has 0 aromatic carbocycles. The highest BCUT2D eigenvalue weighted by Crippen LogP contribution is 2.24. The smallest absolute Gasteiger partial charge is 0.305 e. The zero-order valence-corrected chi connectivity index (χ0v) is 12.4. The second-order valence-electron chi connectivity index (χ2n) is 5.07. The van der Waals surface area contributed by atoms with Gasteiger partial charge in [0.2, 0.25) is 15.9 Å². The molecule has 20 heavy (non-hydrogen) atoms. The molecule has 1 rings (SSSR count). The number of nitrogens with one attached hydrogen (secondary N) is 1. The molecule has 0 aromatic rings. The van der Waals surface area contributed by atoms with E-state index < -0.39 is 16.0 Å². The number of hydrogen-bond acceptors (Lipinski definition) is 5. The predicted octanol–water partition coefficient (Wildman–Crippen LogP) is -0.0969.